The molecule has 0 spiro atoms. The Morgan fingerprint density at radius 1 is 0.850 bits per heavy atom. The summed E-state index contributed by atoms with van der Waals surface area (Å²) in [6.07, 6.45) is -0.838. The predicted octanol–water partition coefficient (Wildman–Crippen LogP) is 4.75. The number of benzene rings is 2. The highest BCUT2D eigenvalue weighted by atomic mass is 32.2. The van der Waals surface area contributed by atoms with Crippen LogP contribution in [0.1, 0.15) is 5.56 Å². The molecule has 0 nitrogen and oxygen atoms in total. The van der Waals surface area contributed by atoms with Crippen molar-refractivity contribution in [2.75, 3.05) is 12.5 Å². The molecule has 0 aliphatic rings. The first-order valence-electron chi connectivity index (χ1n) is 5.85. The van der Waals surface area contributed by atoms with Gasteiger partial charge in [-0.25, -0.2) is 4.39 Å². The van der Waals surface area contributed by atoms with Crippen LogP contribution in [-0.4, -0.2) is 12.5 Å². The van der Waals surface area contributed by atoms with Crippen molar-refractivity contribution in [3.8, 4) is 11.1 Å². The van der Waals surface area contributed by atoms with Gasteiger partial charge in [-0.05, 0) is 17.7 Å². The zero-order valence-electron chi connectivity index (χ0n) is 11.0. The molecule has 2 aromatic rings. The molecule has 0 aliphatic heterocycles. The summed E-state index contributed by atoms with van der Waals surface area (Å²) in [5, 5.41) is 0. The van der Waals surface area contributed by atoms with Crippen LogP contribution in [0.2, 0.25) is 0 Å². The van der Waals surface area contributed by atoms with Crippen LogP contribution in [0.4, 0.5) is 17.6 Å². The lowest BCUT2D eigenvalue weighted by Crippen LogP contribution is -2.08. The third-order valence-corrected chi connectivity index (χ3v) is 4.12. The highest BCUT2D eigenvalue weighted by Gasteiger charge is 2.34. The van der Waals surface area contributed by atoms with Gasteiger partial charge in [0.15, 0.2) is 10.7 Å². The molecule has 0 bridgehead atoms. The van der Waals surface area contributed by atoms with Crippen molar-refractivity contribution in [3.63, 3.8) is 0 Å². The molecular weight excluding hydrogens is 288 g/mol. The van der Waals surface area contributed by atoms with Crippen LogP contribution in [0.3, 0.4) is 0 Å². The maximum Gasteiger partial charge on any atom is 0.417 e. The molecular formula is C15H13F4S+. The van der Waals surface area contributed by atoms with Gasteiger partial charge in [0.25, 0.3) is 0 Å². The van der Waals surface area contributed by atoms with Crippen molar-refractivity contribution < 1.29 is 17.6 Å². The lowest BCUT2D eigenvalue weighted by molar-refractivity contribution is -0.137. The van der Waals surface area contributed by atoms with Crippen molar-refractivity contribution in [1.29, 1.82) is 0 Å². The van der Waals surface area contributed by atoms with E-state index in [0.717, 1.165) is 6.07 Å². The zero-order valence-corrected chi connectivity index (χ0v) is 11.8. The summed E-state index contributed by atoms with van der Waals surface area (Å²) < 4.78 is 53.4. The van der Waals surface area contributed by atoms with Gasteiger partial charge in [-0.1, -0.05) is 30.3 Å². The lowest BCUT2D eigenvalue weighted by atomic mass is 9.99. The Labute approximate surface area is 117 Å². The molecule has 0 fully saturated rings. The molecule has 0 amide bonds. The smallest absolute Gasteiger partial charge is 0.201 e. The van der Waals surface area contributed by atoms with Crippen LogP contribution in [-0.2, 0) is 17.1 Å². The molecule has 0 N–H and O–H groups in total. The molecule has 0 heterocycles. The van der Waals surface area contributed by atoms with Crippen molar-refractivity contribution in [1.82, 2.24) is 0 Å². The minimum Gasteiger partial charge on any atom is -0.201 e. The van der Waals surface area contributed by atoms with Crippen LogP contribution in [0.15, 0.2) is 47.4 Å². The topological polar surface area (TPSA) is 0 Å². The van der Waals surface area contributed by atoms with Crippen LogP contribution < -0.4 is 0 Å². The fourth-order valence-electron chi connectivity index (χ4n) is 2.00. The van der Waals surface area contributed by atoms with Crippen LogP contribution in [0, 0.1) is 5.82 Å². The Balaban J connectivity index is 2.67. The van der Waals surface area contributed by atoms with E-state index in [0.29, 0.717) is 4.90 Å². The van der Waals surface area contributed by atoms with E-state index >= 15 is 0 Å². The summed E-state index contributed by atoms with van der Waals surface area (Å²) in [5.41, 5.74) is -0.940. The van der Waals surface area contributed by atoms with Gasteiger partial charge in [-0.15, -0.1) is 0 Å². The van der Waals surface area contributed by atoms with Crippen molar-refractivity contribution >= 4 is 10.9 Å². The Hall–Kier alpha value is -1.49. The second kappa shape index (κ2) is 5.48. The maximum absolute atomic E-state index is 14.4. The van der Waals surface area contributed by atoms with Gasteiger partial charge < -0.3 is 0 Å². The summed E-state index contributed by atoms with van der Waals surface area (Å²) in [5.74, 6) is -0.572. The Morgan fingerprint density at radius 2 is 1.45 bits per heavy atom. The van der Waals surface area contributed by atoms with E-state index in [-0.39, 0.29) is 22.0 Å². The first-order valence-corrected chi connectivity index (χ1v) is 7.89. The average molecular weight is 301 g/mol. The lowest BCUT2D eigenvalue weighted by Gasteiger charge is -2.13. The number of alkyl halides is 3. The molecule has 0 radical (unpaired) electrons. The predicted molar refractivity (Wildman–Crippen MR) is 74.3 cm³/mol. The molecule has 106 valence electrons. The fraction of sp³-hybridized carbons (Fsp3) is 0.200. The highest BCUT2D eigenvalue weighted by Crippen LogP contribution is 2.38. The van der Waals surface area contributed by atoms with E-state index in [1.54, 1.807) is 12.1 Å². The number of halogens is 4. The quantitative estimate of drug-likeness (QED) is 0.555. The van der Waals surface area contributed by atoms with Crippen LogP contribution in [0.25, 0.3) is 11.1 Å². The van der Waals surface area contributed by atoms with E-state index in [2.05, 4.69) is 0 Å². The molecule has 20 heavy (non-hydrogen) atoms. The van der Waals surface area contributed by atoms with E-state index in [1.807, 2.05) is 12.5 Å². The normalized spacial score (nSPS) is 11.9. The first-order chi connectivity index (χ1) is 9.32. The van der Waals surface area contributed by atoms with Crippen LogP contribution in [0.5, 0.6) is 0 Å². The monoisotopic (exact) mass is 301 g/mol. The summed E-state index contributed by atoms with van der Waals surface area (Å²) >= 11 is 0. The molecule has 0 aliphatic carbocycles. The summed E-state index contributed by atoms with van der Waals surface area (Å²) in [4.78, 5) is 0.444. The highest BCUT2D eigenvalue weighted by molar-refractivity contribution is 7.95. The van der Waals surface area contributed by atoms with Crippen molar-refractivity contribution in [2.45, 2.75) is 11.1 Å². The van der Waals surface area contributed by atoms with Gasteiger partial charge in [0.2, 0.25) is 0 Å². The van der Waals surface area contributed by atoms with Gasteiger partial charge in [-0.3, -0.25) is 0 Å². The Bertz CT molecular complexity index is 618. The standard InChI is InChI=1S/C15H13F4S/c1-20(2)13-9-5-7-11(14(13)16)10-6-3-4-8-12(10)15(17,18)19/h3-9H,1-2H3/q+1. The SMILES string of the molecule is C[S+](C)c1cccc(-c2ccccc2C(F)(F)F)c1F. The van der Waals surface area contributed by atoms with Gasteiger partial charge >= 0.3 is 6.18 Å². The molecule has 0 unspecified atom stereocenters. The summed E-state index contributed by atoms with van der Waals surface area (Å²) in [6.45, 7) is 0. The van der Waals surface area contributed by atoms with Gasteiger partial charge in [0.05, 0.1) is 5.56 Å². The zero-order chi connectivity index (χ0) is 14.9. The molecule has 2 rings (SSSR count). The van der Waals surface area contributed by atoms with Gasteiger partial charge in [0, 0.05) is 16.5 Å². The minimum absolute atomic E-state index is 0.00312. The number of hydrogen-bond acceptors (Lipinski definition) is 0. The fourth-order valence-corrected chi connectivity index (χ4v) is 2.82. The first kappa shape index (κ1) is 14.9. The number of rotatable bonds is 2. The van der Waals surface area contributed by atoms with Gasteiger partial charge in [-0.2, -0.15) is 13.2 Å². The minimum atomic E-state index is -4.50. The molecule has 0 aromatic heterocycles. The van der Waals surface area contributed by atoms with E-state index in [1.165, 1.54) is 24.3 Å². The Kier molecular flexibility index (Phi) is 4.09. The molecule has 0 atom stereocenters. The third-order valence-electron chi connectivity index (χ3n) is 2.93. The van der Waals surface area contributed by atoms with Crippen molar-refractivity contribution in [3.05, 3.63) is 53.8 Å². The molecule has 0 saturated heterocycles. The molecule has 0 saturated carbocycles. The third kappa shape index (κ3) is 2.82. The number of hydrogen-bond donors (Lipinski definition) is 0. The second-order valence-corrected chi connectivity index (χ2v) is 6.55. The largest absolute Gasteiger partial charge is 0.417 e. The van der Waals surface area contributed by atoms with Crippen LogP contribution >= 0.6 is 0 Å². The average Bonchev–Trinajstić information content (AvgIpc) is 2.37. The van der Waals surface area contributed by atoms with E-state index < -0.39 is 17.6 Å². The second-order valence-electron chi connectivity index (χ2n) is 4.48. The molecule has 2 aromatic carbocycles. The Morgan fingerprint density at radius 3 is 2.05 bits per heavy atom. The maximum atomic E-state index is 14.4. The van der Waals surface area contributed by atoms with Gasteiger partial charge in [0.1, 0.15) is 12.5 Å². The van der Waals surface area contributed by atoms with E-state index in [4.69, 9.17) is 0 Å². The van der Waals surface area contributed by atoms with E-state index in [9.17, 15) is 17.6 Å². The summed E-state index contributed by atoms with van der Waals surface area (Å²) in [6, 6.07) is 9.64. The van der Waals surface area contributed by atoms with Crippen molar-refractivity contribution in [2.24, 2.45) is 0 Å². The molecule has 5 heteroatoms. The summed E-state index contributed by atoms with van der Waals surface area (Å²) in [7, 11) is -0.359.